The highest BCUT2D eigenvalue weighted by molar-refractivity contribution is 6.02. The summed E-state index contributed by atoms with van der Waals surface area (Å²) < 4.78 is 8.37. The van der Waals surface area contributed by atoms with Gasteiger partial charge >= 0.3 is 0 Å². The van der Waals surface area contributed by atoms with E-state index in [1.54, 1.807) is 6.20 Å². The van der Waals surface area contributed by atoms with Gasteiger partial charge in [0.1, 0.15) is 17.3 Å². The molecule has 5 heteroatoms. The number of benzene rings is 2. The Morgan fingerprint density at radius 3 is 2.47 bits per heavy atom. The van der Waals surface area contributed by atoms with Gasteiger partial charge in [0.25, 0.3) is 0 Å². The van der Waals surface area contributed by atoms with Crippen molar-refractivity contribution in [2.24, 2.45) is 0 Å². The van der Waals surface area contributed by atoms with Gasteiger partial charge in [0, 0.05) is 36.3 Å². The minimum absolute atomic E-state index is 0.171. The molecule has 0 aliphatic heterocycles. The van der Waals surface area contributed by atoms with Crippen LogP contribution in [0.4, 0.5) is 5.82 Å². The minimum atomic E-state index is -0.171. The molecular weight excluding hydrogens is 420 g/mol. The zero-order valence-corrected chi connectivity index (χ0v) is 19.3. The lowest BCUT2D eigenvalue weighted by molar-refractivity contribution is 0.149. The van der Waals surface area contributed by atoms with Crippen molar-refractivity contribution in [2.75, 3.05) is 12.3 Å². The maximum atomic E-state index is 6.44. The summed E-state index contributed by atoms with van der Waals surface area (Å²) in [7, 11) is 0. The molecule has 3 N–H and O–H groups in total. The first-order valence-electron chi connectivity index (χ1n) is 12.0. The standard InChI is InChI=1S/C29H30N4O/c1-2-3-19-32-29(17-8-5-9-18-29)33-21-25(27-26(33)16-20-31-28(27)30)22-12-14-24(15-13-22)34-23-10-6-4-7-11-23/h1,4,6-7,10-16,20-21,32H,3,5,8-9,17-19H2,(H2,30,31). The third-order valence-corrected chi connectivity index (χ3v) is 6.75. The molecule has 1 aliphatic rings. The summed E-state index contributed by atoms with van der Waals surface area (Å²) in [6.07, 6.45) is 16.0. The summed E-state index contributed by atoms with van der Waals surface area (Å²) in [5.74, 6) is 4.92. The van der Waals surface area contributed by atoms with Crippen molar-refractivity contribution in [2.45, 2.75) is 44.2 Å². The van der Waals surface area contributed by atoms with E-state index in [0.717, 1.165) is 52.9 Å². The van der Waals surface area contributed by atoms with Crippen molar-refractivity contribution in [1.29, 1.82) is 0 Å². The molecule has 2 heterocycles. The SMILES string of the molecule is C#CCCNC1(n2cc(-c3ccc(Oc4ccccc4)cc3)c3c(N)nccc32)CCCCC1. The Balaban J connectivity index is 1.55. The molecule has 2 aromatic heterocycles. The third-order valence-electron chi connectivity index (χ3n) is 6.75. The molecule has 0 saturated heterocycles. The predicted octanol–water partition coefficient (Wildman–Crippen LogP) is 6.31. The maximum Gasteiger partial charge on any atom is 0.133 e. The van der Waals surface area contributed by atoms with Gasteiger partial charge in [0.2, 0.25) is 0 Å². The minimum Gasteiger partial charge on any atom is -0.457 e. The predicted molar refractivity (Wildman–Crippen MR) is 139 cm³/mol. The smallest absolute Gasteiger partial charge is 0.133 e. The number of terminal acetylenes is 1. The fourth-order valence-electron chi connectivity index (χ4n) is 5.11. The van der Waals surface area contributed by atoms with Crippen LogP contribution >= 0.6 is 0 Å². The van der Waals surface area contributed by atoms with Crippen LogP contribution in [0, 0.1) is 12.3 Å². The molecule has 4 aromatic rings. The largest absolute Gasteiger partial charge is 0.457 e. The summed E-state index contributed by atoms with van der Waals surface area (Å²) >= 11 is 0. The van der Waals surface area contributed by atoms with Crippen molar-refractivity contribution in [3.8, 4) is 35.0 Å². The van der Waals surface area contributed by atoms with Gasteiger partial charge in [-0.1, -0.05) is 36.8 Å². The molecule has 172 valence electrons. The number of ether oxygens (including phenoxy) is 1. The molecule has 5 nitrogen and oxygen atoms in total. The Labute approximate surface area is 201 Å². The molecular formula is C29H30N4O. The zero-order valence-electron chi connectivity index (χ0n) is 19.3. The van der Waals surface area contributed by atoms with Crippen LogP contribution in [0.2, 0.25) is 0 Å². The summed E-state index contributed by atoms with van der Waals surface area (Å²) in [5.41, 5.74) is 9.53. The van der Waals surface area contributed by atoms with Gasteiger partial charge in [0.05, 0.1) is 11.2 Å². The van der Waals surface area contributed by atoms with Gasteiger partial charge in [-0.25, -0.2) is 4.98 Å². The number of nitrogens with zero attached hydrogens (tertiary/aromatic N) is 2. The number of nitrogens with one attached hydrogen (secondary N) is 1. The van der Waals surface area contributed by atoms with Crippen molar-refractivity contribution in [3.05, 3.63) is 73.1 Å². The van der Waals surface area contributed by atoms with E-state index < -0.39 is 0 Å². The second kappa shape index (κ2) is 9.62. The number of hydrogen-bond acceptors (Lipinski definition) is 4. The van der Waals surface area contributed by atoms with E-state index in [1.807, 2.05) is 42.5 Å². The van der Waals surface area contributed by atoms with Crippen LogP contribution in [0.15, 0.2) is 73.1 Å². The number of fused-ring (bicyclic) bond motifs is 1. The summed E-state index contributed by atoms with van der Waals surface area (Å²) in [5, 5.41) is 4.79. The number of hydrogen-bond donors (Lipinski definition) is 2. The molecule has 0 radical (unpaired) electrons. The fraction of sp³-hybridized carbons (Fsp3) is 0.276. The van der Waals surface area contributed by atoms with E-state index in [0.29, 0.717) is 12.2 Å². The quantitative estimate of drug-likeness (QED) is 0.256. The number of nitrogens with two attached hydrogens (primary N) is 1. The first kappa shape index (κ1) is 22.1. The first-order valence-corrected chi connectivity index (χ1v) is 12.0. The van der Waals surface area contributed by atoms with E-state index >= 15 is 0 Å². The van der Waals surface area contributed by atoms with Crippen LogP contribution < -0.4 is 15.8 Å². The number of anilines is 1. The topological polar surface area (TPSA) is 65.1 Å². The molecule has 1 aliphatic carbocycles. The van der Waals surface area contributed by atoms with Gasteiger partial charge in [-0.15, -0.1) is 12.3 Å². The molecule has 1 saturated carbocycles. The molecule has 0 atom stereocenters. The van der Waals surface area contributed by atoms with Crippen molar-refractivity contribution < 1.29 is 4.74 Å². The molecule has 0 spiro atoms. The number of aromatic nitrogens is 2. The molecule has 0 bridgehead atoms. The van der Waals surface area contributed by atoms with Gasteiger partial charge in [-0.2, -0.15) is 0 Å². The summed E-state index contributed by atoms with van der Waals surface area (Å²) in [4.78, 5) is 4.42. The fourth-order valence-corrected chi connectivity index (χ4v) is 5.11. The summed E-state index contributed by atoms with van der Waals surface area (Å²) in [6.45, 7) is 0.789. The van der Waals surface area contributed by atoms with Gasteiger partial charge in [0.15, 0.2) is 0 Å². The molecule has 2 aromatic carbocycles. The van der Waals surface area contributed by atoms with Gasteiger partial charge < -0.3 is 15.0 Å². The van der Waals surface area contributed by atoms with Crippen molar-refractivity contribution in [1.82, 2.24) is 14.9 Å². The summed E-state index contributed by atoms with van der Waals surface area (Å²) in [6, 6.07) is 20.0. The Morgan fingerprint density at radius 1 is 1.00 bits per heavy atom. The first-order chi connectivity index (χ1) is 16.7. The number of pyridine rings is 1. The monoisotopic (exact) mass is 450 g/mol. The Hall–Kier alpha value is -3.75. The molecule has 5 rings (SSSR count). The highest BCUT2D eigenvalue weighted by atomic mass is 16.5. The Bertz CT molecular complexity index is 1300. The normalized spacial score (nSPS) is 15.1. The zero-order chi connectivity index (χ0) is 23.4. The van der Waals surface area contributed by atoms with Crippen molar-refractivity contribution >= 4 is 16.7 Å². The average Bonchev–Trinajstić information content (AvgIpc) is 3.28. The highest BCUT2D eigenvalue weighted by Crippen LogP contribution is 2.41. The number of rotatable bonds is 7. The van der Waals surface area contributed by atoms with Gasteiger partial charge in [-0.3, -0.25) is 5.32 Å². The lowest BCUT2D eigenvalue weighted by Gasteiger charge is -2.40. The number of para-hydroxylation sites is 1. The van der Waals surface area contributed by atoms with Gasteiger partial charge in [-0.05, 0) is 61.6 Å². The number of nitrogen functional groups attached to an aromatic ring is 1. The van der Waals surface area contributed by atoms with Crippen LogP contribution in [-0.4, -0.2) is 16.1 Å². The molecule has 0 amide bonds. The van der Waals surface area contributed by atoms with Crippen LogP contribution in [0.1, 0.15) is 38.5 Å². The average molecular weight is 451 g/mol. The molecule has 34 heavy (non-hydrogen) atoms. The van der Waals surface area contributed by atoms with E-state index in [-0.39, 0.29) is 5.66 Å². The lowest BCUT2D eigenvalue weighted by atomic mass is 9.88. The van der Waals surface area contributed by atoms with E-state index in [1.165, 1.54) is 19.3 Å². The lowest BCUT2D eigenvalue weighted by Crippen LogP contribution is -2.49. The molecule has 1 fully saturated rings. The van der Waals surface area contributed by atoms with Crippen molar-refractivity contribution in [3.63, 3.8) is 0 Å². The second-order valence-electron chi connectivity index (χ2n) is 8.92. The maximum absolute atomic E-state index is 6.44. The Morgan fingerprint density at radius 2 is 1.74 bits per heavy atom. The third kappa shape index (κ3) is 4.25. The van der Waals surface area contributed by atoms with Crippen LogP contribution in [0.3, 0.4) is 0 Å². The van der Waals surface area contributed by atoms with Crippen LogP contribution in [-0.2, 0) is 5.66 Å². The highest BCUT2D eigenvalue weighted by Gasteiger charge is 2.35. The Kier molecular flexibility index (Phi) is 6.24. The van der Waals surface area contributed by atoms with E-state index in [2.05, 4.69) is 45.2 Å². The van der Waals surface area contributed by atoms with E-state index in [4.69, 9.17) is 16.9 Å². The molecule has 0 unspecified atom stereocenters. The van der Waals surface area contributed by atoms with E-state index in [9.17, 15) is 0 Å². The van der Waals surface area contributed by atoms with Crippen LogP contribution in [0.25, 0.3) is 22.0 Å². The van der Waals surface area contributed by atoms with Crippen LogP contribution in [0.5, 0.6) is 11.5 Å². The second-order valence-corrected chi connectivity index (χ2v) is 8.92.